The molecule has 1 rings (SSSR count). The minimum atomic E-state index is -1.12. The molecule has 0 saturated heterocycles. The zero-order valence-electron chi connectivity index (χ0n) is 12.3. The van der Waals surface area contributed by atoms with E-state index < -0.39 is 5.97 Å². The summed E-state index contributed by atoms with van der Waals surface area (Å²) < 4.78 is 0. The maximum atomic E-state index is 12.5. The molecule has 1 aromatic rings. The number of aromatic carboxylic acids is 1. The van der Waals surface area contributed by atoms with Gasteiger partial charge in [-0.2, -0.15) is 0 Å². The molecule has 0 aliphatic carbocycles. The normalized spacial score (nSPS) is 10.6. The number of rotatable bonds is 7. The molecule has 0 aromatic carbocycles. The molecule has 0 unspecified atom stereocenters. The Morgan fingerprint density at radius 2 is 2.05 bits per heavy atom. The molecule has 0 radical (unpaired) electrons. The minimum absolute atomic E-state index is 0.0841. The fourth-order valence-electron chi connectivity index (χ4n) is 1.97. The average molecular weight is 278 g/mol. The first-order chi connectivity index (χ1) is 9.47. The van der Waals surface area contributed by atoms with Gasteiger partial charge in [-0.1, -0.05) is 19.8 Å². The van der Waals surface area contributed by atoms with Gasteiger partial charge >= 0.3 is 5.97 Å². The minimum Gasteiger partial charge on any atom is -0.477 e. The first kappa shape index (κ1) is 16.1. The predicted octanol–water partition coefficient (Wildman–Crippen LogP) is 2.82. The van der Waals surface area contributed by atoms with Gasteiger partial charge in [-0.25, -0.2) is 9.78 Å². The molecular formula is C15H22N2O3. The molecule has 0 aliphatic heterocycles. The number of carbonyl (C=O) groups is 2. The SMILES string of the molecule is CCCCCN(C(=O)c1ccnc(C(=O)O)c1)C(C)C. The highest BCUT2D eigenvalue weighted by Gasteiger charge is 2.19. The summed E-state index contributed by atoms with van der Waals surface area (Å²) in [7, 11) is 0. The van der Waals surface area contributed by atoms with Crippen LogP contribution in [0.1, 0.15) is 60.9 Å². The Balaban J connectivity index is 2.88. The molecule has 0 saturated carbocycles. The summed E-state index contributed by atoms with van der Waals surface area (Å²) in [5, 5.41) is 8.92. The summed E-state index contributed by atoms with van der Waals surface area (Å²) in [5.74, 6) is -1.26. The molecule has 0 atom stereocenters. The summed E-state index contributed by atoms with van der Waals surface area (Å²) in [4.78, 5) is 28.9. The molecule has 0 aliphatic rings. The van der Waals surface area contributed by atoms with E-state index in [1.54, 1.807) is 11.0 Å². The van der Waals surface area contributed by atoms with Crippen LogP contribution >= 0.6 is 0 Å². The van der Waals surface area contributed by atoms with E-state index in [2.05, 4.69) is 11.9 Å². The predicted molar refractivity (Wildman–Crippen MR) is 76.9 cm³/mol. The van der Waals surface area contributed by atoms with E-state index in [9.17, 15) is 9.59 Å². The second-order valence-corrected chi connectivity index (χ2v) is 5.03. The molecule has 1 aromatic heterocycles. The zero-order chi connectivity index (χ0) is 15.1. The largest absolute Gasteiger partial charge is 0.477 e. The quantitative estimate of drug-likeness (QED) is 0.778. The Kier molecular flexibility index (Phi) is 6.15. The molecular weight excluding hydrogens is 256 g/mol. The van der Waals surface area contributed by atoms with E-state index in [-0.39, 0.29) is 17.6 Å². The highest BCUT2D eigenvalue weighted by atomic mass is 16.4. The summed E-state index contributed by atoms with van der Waals surface area (Å²) >= 11 is 0. The Bertz CT molecular complexity index is 472. The van der Waals surface area contributed by atoms with E-state index in [0.717, 1.165) is 19.3 Å². The Hall–Kier alpha value is -1.91. The van der Waals surface area contributed by atoms with Crippen molar-refractivity contribution in [3.63, 3.8) is 0 Å². The smallest absolute Gasteiger partial charge is 0.354 e. The van der Waals surface area contributed by atoms with Gasteiger partial charge in [0.05, 0.1) is 0 Å². The third kappa shape index (κ3) is 4.33. The van der Waals surface area contributed by atoms with Crippen LogP contribution in [0.4, 0.5) is 0 Å². The van der Waals surface area contributed by atoms with Crippen molar-refractivity contribution in [1.29, 1.82) is 0 Å². The number of hydrogen-bond donors (Lipinski definition) is 1. The van der Waals surface area contributed by atoms with Gasteiger partial charge in [-0.15, -0.1) is 0 Å². The van der Waals surface area contributed by atoms with Gasteiger partial charge in [0.25, 0.3) is 5.91 Å². The number of carboxylic acid groups (broad SMARTS) is 1. The maximum absolute atomic E-state index is 12.5. The fourth-order valence-corrected chi connectivity index (χ4v) is 1.97. The van der Waals surface area contributed by atoms with Crippen molar-refractivity contribution in [2.75, 3.05) is 6.54 Å². The monoisotopic (exact) mass is 278 g/mol. The number of carbonyl (C=O) groups excluding carboxylic acids is 1. The van der Waals surface area contributed by atoms with Crippen LogP contribution in [-0.4, -0.2) is 39.5 Å². The van der Waals surface area contributed by atoms with E-state index in [0.29, 0.717) is 12.1 Å². The van der Waals surface area contributed by atoms with Crippen molar-refractivity contribution in [3.8, 4) is 0 Å². The van der Waals surface area contributed by atoms with Crippen LogP contribution < -0.4 is 0 Å². The van der Waals surface area contributed by atoms with Crippen LogP contribution in [0.25, 0.3) is 0 Å². The van der Waals surface area contributed by atoms with Gasteiger partial charge in [-0.05, 0) is 32.4 Å². The van der Waals surface area contributed by atoms with Crippen molar-refractivity contribution in [2.24, 2.45) is 0 Å². The molecule has 110 valence electrons. The van der Waals surface area contributed by atoms with E-state index >= 15 is 0 Å². The van der Waals surface area contributed by atoms with Crippen LogP contribution in [0, 0.1) is 0 Å². The third-order valence-corrected chi connectivity index (χ3v) is 3.11. The Morgan fingerprint density at radius 3 is 2.60 bits per heavy atom. The van der Waals surface area contributed by atoms with Crippen molar-refractivity contribution in [1.82, 2.24) is 9.88 Å². The maximum Gasteiger partial charge on any atom is 0.354 e. The van der Waals surface area contributed by atoms with E-state index in [1.807, 2.05) is 13.8 Å². The number of aromatic nitrogens is 1. The Labute approximate surface area is 119 Å². The number of pyridine rings is 1. The summed E-state index contributed by atoms with van der Waals surface area (Å²) in [6.45, 7) is 6.73. The lowest BCUT2D eigenvalue weighted by Crippen LogP contribution is -2.37. The van der Waals surface area contributed by atoms with Gasteiger partial charge in [0, 0.05) is 24.3 Å². The zero-order valence-corrected chi connectivity index (χ0v) is 12.3. The van der Waals surface area contributed by atoms with Crippen LogP contribution in [-0.2, 0) is 0 Å². The van der Waals surface area contributed by atoms with Crippen LogP contribution in [0.5, 0.6) is 0 Å². The number of amides is 1. The van der Waals surface area contributed by atoms with Gasteiger partial charge in [0.2, 0.25) is 0 Å². The summed E-state index contributed by atoms with van der Waals surface area (Å²) in [6.07, 6.45) is 4.49. The fraction of sp³-hybridized carbons (Fsp3) is 0.533. The highest BCUT2D eigenvalue weighted by molar-refractivity contribution is 5.96. The topological polar surface area (TPSA) is 70.5 Å². The van der Waals surface area contributed by atoms with Gasteiger partial charge in [0.15, 0.2) is 0 Å². The van der Waals surface area contributed by atoms with Gasteiger partial charge in [-0.3, -0.25) is 4.79 Å². The van der Waals surface area contributed by atoms with Crippen molar-refractivity contribution >= 4 is 11.9 Å². The molecule has 0 spiro atoms. The standard InChI is InChI=1S/C15H22N2O3/c1-4-5-6-9-17(11(2)3)14(18)12-7-8-16-13(10-12)15(19)20/h7-8,10-11H,4-6,9H2,1-3H3,(H,19,20). The molecule has 20 heavy (non-hydrogen) atoms. The number of nitrogens with zero attached hydrogens (tertiary/aromatic N) is 2. The summed E-state index contributed by atoms with van der Waals surface area (Å²) in [5.41, 5.74) is 0.274. The third-order valence-electron chi connectivity index (χ3n) is 3.11. The second kappa shape index (κ2) is 7.62. The van der Waals surface area contributed by atoms with Crippen molar-refractivity contribution in [3.05, 3.63) is 29.6 Å². The van der Waals surface area contributed by atoms with E-state index in [4.69, 9.17) is 5.11 Å². The molecule has 5 heteroatoms. The van der Waals surface area contributed by atoms with Crippen molar-refractivity contribution in [2.45, 2.75) is 46.1 Å². The van der Waals surface area contributed by atoms with Crippen molar-refractivity contribution < 1.29 is 14.7 Å². The number of hydrogen-bond acceptors (Lipinski definition) is 3. The molecule has 0 fully saturated rings. The lowest BCUT2D eigenvalue weighted by atomic mass is 10.1. The highest BCUT2D eigenvalue weighted by Crippen LogP contribution is 2.11. The number of unbranched alkanes of at least 4 members (excludes halogenated alkanes) is 2. The van der Waals surface area contributed by atoms with Crippen LogP contribution in [0.15, 0.2) is 18.3 Å². The first-order valence-corrected chi connectivity index (χ1v) is 6.97. The van der Waals surface area contributed by atoms with Gasteiger partial charge in [0.1, 0.15) is 5.69 Å². The average Bonchev–Trinajstić information content (AvgIpc) is 2.42. The molecule has 1 N–H and O–H groups in total. The second-order valence-electron chi connectivity index (χ2n) is 5.03. The Morgan fingerprint density at radius 1 is 1.35 bits per heavy atom. The molecule has 1 amide bonds. The van der Waals surface area contributed by atoms with Gasteiger partial charge < -0.3 is 10.0 Å². The lowest BCUT2D eigenvalue weighted by Gasteiger charge is -2.27. The van der Waals surface area contributed by atoms with Crippen LogP contribution in [0.2, 0.25) is 0 Å². The molecule has 0 bridgehead atoms. The first-order valence-electron chi connectivity index (χ1n) is 6.97. The molecule has 5 nitrogen and oxygen atoms in total. The summed E-state index contributed by atoms with van der Waals surface area (Å²) in [6, 6.07) is 2.98. The lowest BCUT2D eigenvalue weighted by molar-refractivity contribution is 0.0690. The molecule has 1 heterocycles. The van der Waals surface area contributed by atoms with Crippen LogP contribution in [0.3, 0.4) is 0 Å². The van der Waals surface area contributed by atoms with E-state index in [1.165, 1.54) is 12.3 Å². The number of carboxylic acids is 1.